The Balaban J connectivity index is 1.37. The van der Waals surface area contributed by atoms with E-state index in [1.165, 1.54) is 23.5 Å². The summed E-state index contributed by atoms with van der Waals surface area (Å²) in [5, 5.41) is 9.07. The van der Waals surface area contributed by atoms with Crippen molar-refractivity contribution in [3.63, 3.8) is 0 Å². The van der Waals surface area contributed by atoms with Gasteiger partial charge in [-0.3, -0.25) is 4.68 Å². The molecule has 2 aromatic heterocycles. The van der Waals surface area contributed by atoms with Gasteiger partial charge in [-0.05, 0) is 41.8 Å². The molecule has 0 aliphatic carbocycles. The van der Waals surface area contributed by atoms with Crippen molar-refractivity contribution in [2.45, 2.75) is 18.6 Å². The van der Waals surface area contributed by atoms with Crippen molar-refractivity contribution in [2.75, 3.05) is 17.6 Å². The average molecular weight is 447 g/mol. The number of nitrogens with two attached hydrogens (primary N) is 2. The van der Waals surface area contributed by atoms with Gasteiger partial charge in [-0.1, -0.05) is 29.5 Å². The summed E-state index contributed by atoms with van der Waals surface area (Å²) in [6.07, 6.45) is -2.09. The smallest absolute Gasteiger partial charge is 0.382 e. The van der Waals surface area contributed by atoms with Crippen molar-refractivity contribution in [3.05, 3.63) is 59.8 Å². The lowest BCUT2D eigenvalue weighted by Crippen LogP contribution is -2.31. The molecule has 0 aliphatic rings. The number of rotatable bonds is 6. The molecule has 0 radical (unpaired) electrons. The van der Waals surface area contributed by atoms with Crippen LogP contribution in [0.3, 0.4) is 0 Å². The normalized spacial score (nSPS) is 12.9. The SMILES string of the molecule is Cn1nc(N)c2ccc(-c3cnc(NC[C@H](N)Cc4ccc(C(F)(F)F)cc4)s3)cc21. The fourth-order valence-corrected chi connectivity index (χ4v) is 4.17. The van der Waals surface area contributed by atoms with Crippen LogP contribution in [-0.4, -0.2) is 27.4 Å². The van der Waals surface area contributed by atoms with Crippen molar-refractivity contribution in [3.8, 4) is 10.4 Å². The molecular weight excluding hydrogens is 425 g/mol. The van der Waals surface area contributed by atoms with Gasteiger partial charge in [-0.15, -0.1) is 0 Å². The van der Waals surface area contributed by atoms with Crippen molar-refractivity contribution in [1.29, 1.82) is 0 Å². The molecule has 0 amide bonds. The van der Waals surface area contributed by atoms with Crippen LogP contribution in [0, 0.1) is 0 Å². The third kappa shape index (κ3) is 4.64. The summed E-state index contributed by atoms with van der Waals surface area (Å²) in [7, 11) is 1.85. The van der Waals surface area contributed by atoms with Gasteiger partial charge in [0.2, 0.25) is 0 Å². The van der Waals surface area contributed by atoms with Crippen LogP contribution in [0.25, 0.3) is 21.3 Å². The predicted molar refractivity (Wildman–Crippen MR) is 118 cm³/mol. The maximum Gasteiger partial charge on any atom is 0.416 e. The van der Waals surface area contributed by atoms with E-state index >= 15 is 0 Å². The van der Waals surface area contributed by atoms with E-state index in [1.54, 1.807) is 10.9 Å². The molecule has 31 heavy (non-hydrogen) atoms. The Hall–Kier alpha value is -3.11. The molecule has 0 fully saturated rings. The van der Waals surface area contributed by atoms with Crippen molar-refractivity contribution < 1.29 is 13.2 Å². The van der Waals surface area contributed by atoms with Crippen molar-refractivity contribution in [2.24, 2.45) is 12.8 Å². The zero-order valence-electron chi connectivity index (χ0n) is 16.6. The molecule has 2 aromatic carbocycles. The molecule has 6 nitrogen and oxygen atoms in total. The highest BCUT2D eigenvalue weighted by molar-refractivity contribution is 7.18. The van der Waals surface area contributed by atoms with E-state index < -0.39 is 11.7 Å². The first-order valence-electron chi connectivity index (χ1n) is 9.55. The number of aryl methyl sites for hydroxylation is 1. The number of fused-ring (bicyclic) bond motifs is 1. The molecule has 4 aromatic rings. The van der Waals surface area contributed by atoms with E-state index in [9.17, 15) is 13.2 Å². The lowest BCUT2D eigenvalue weighted by atomic mass is 10.0. The number of benzene rings is 2. The van der Waals surface area contributed by atoms with Crippen LogP contribution >= 0.6 is 11.3 Å². The fourth-order valence-electron chi connectivity index (χ4n) is 3.35. The lowest BCUT2D eigenvalue weighted by Gasteiger charge is -2.13. The molecule has 1 atom stereocenters. The van der Waals surface area contributed by atoms with Gasteiger partial charge in [0, 0.05) is 31.2 Å². The van der Waals surface area contributed by atoms with Gasteiger partial charge in [0.25, 0.3) is 0 Å². The number of alkyl halides is 3. The van der Waals surface area contributed by atoms with Crippen LogP contribution < -0.4 is 16.8 Å². The molecule has 10 heteroatoms. The van der Waals surface area contributed by atoms with Gasteiger partial charge >= 0.3 is 6.18 Å². The Labute approximate surface area is 180 Å². The summed E-state index contributed by atoms with van der Waals surface area (Å²) in [6, 6.07) is 10.8. The Morgan fingerprint density at radius 1 is 1.16 bits per heavy atom. The zero-order valence-corrected chi connectivity index (χ0v) is 17.5. The second-order valence-corrected chi connectivity index (χ2v) is 8.34. The number of anilines is 2. The Bertz CT molecular complexity index is 1200. The van der Waals surface area contributed by atoms with Gasteiger partial charge in [0.15, 0.2) is 10.9 Å². The number of nitrogens with one attached hydrogen (secondary N) is 1. The fraction of sp³-hybridized carbons (Fsp3) is 0.238. The van der Waals surface area contributed by atoms with Crippen molar-refractivity contribution >= 4 is 33.2 Å². The molecule has 0 saturated heterocycles. The molecule has 4 rings (SSSR count). The van der Waals surface area contributed by atoms with Crippen LogP contribution in [0.5, 0.6) is 0 Å². The number of hydrogen-bond acceptors (Lipinski definition) is 6. The second kappa shape index (κ2) is 8.20. The first-order valence-corrected chi connectivity index (χ1v) is 10.4. The van der Waals surface area contributed by atoms with Gasteiger partial charge in [0.05, 0.1) is 16.0 Å². The molecule has 0 bridgehead atoms. The zero-order chi connectivity index (χ0) is 22.2. The van der Waals surface area contributed by atoms with Gasteiger partial charge in [0.1, 0.15) is 0 Å². The van der Waals surface area contributed by atoms with Gasteiger partial charge in [-0.2, -0.15) is 18.3 Å². The minimum atomic E-state index is -4.33. The number of halogens is 3. The summed E-state index contributed by atoms with van der Waals surface area (Å²) in [5.74, 6) is 0.498. The first kappa shape index (κ1) is 21.1. The molecule has 162 valence electrons. The molecule has 0 unspecified atom stereocenters. The Kier molecular flexibility index (Phi) is 5.59. The molecule has 5 N–H and O–H groups in total. The maximum atomic E-state index is 12.7. The Morgan fingerprint density at radius 3 is 2.61 bits per heavy atom. The largest absolute Gasteiger partial charge is 0.416 e. The minimum absolute atomic E-state index is 0.266. The third-order valence-corrected chi connectivity index (χ3v) is 5.97. The van der Waals surface area contributed by atoms with Crippen LogP contribution in [0.4, 0.5) is 24.1 Å². The second-order valence-electron chi connectivity index (χ2n) is 7.31. The molecule has 0 aliphatic heterocycles. The van der Waals surface area contributed by atoms with Crippen LogP contribution in [-0.2, 0) is 19.6 Å². The van der Waals surface area contributed by atoms with E-state index in [4.69, 9.17) is 11.5 Å². The highest BCUT2D eigenvalue weighted by Crippen LogP contribution is 2.32. The third-order valence-electron chi connectivity index (χ3n) is 4.96. The molecular formula is C21H21F3N6S. The number of aromatic nitrogens is 3. The summed E-state index contributed by atoms with van der Waals surface area (Å²) < 4.78 is 39.7. The van der Waals surface area contributed by atoms with Crippen LogP contribution in [0.15, 0.2) is 48.7 Å². The topological polar surface area (TPSA) is 94.8 Å². The number of nitrogens with zero attached hydrogens (tertiary/aromatic N) is 3. The minimum Gasteiger partial charge on any atom is -0.382 e. The van der Waals surface area contributed by atoms with E-state index in [0.29, 0.717) is 18.8 Å². The number of hydrogen-bond donors (Lipinski definition) is 3. The average Bonchev–Trinajstić information content (AvgIpc) is 3.31. The summed E-state index contributed by atoms with van der Waals surface area (Å²) in [4.78, 5) is 5.38. The monoisotopic (exact) mass is 446 g/mol. The number of thiazole rings is 1. The van der Waals surface area contributed by atoms with E-state index in [1.807, 2.05) is 25.2 Å². The quantitative estimate of drug-likeness (QED) is 0.411. The number of nitrogen functional groups attached to an aromatic ring is 1. The lowest BCUT2D eigenvalue weighted by molar-refractivity contribution is -0.137. The van der Waals surface area contributed by atoms with Crippen LogP contribution in [0.1, 0.15) is 11.1 Å². The van der Waals surface area contributed by atoms with Gasteiger partial charge < -0.3 is 16.8 Å². The Morgan fingerprint density at radius 2 is 1.90 bits per heavy atom. The molecule has 2 heterocycles. The first-order chi connectivity index (χ1) is 14.7. The van der Waals surface area contributed by atoms with Crippen molar-refractivity contribution in [1.82, 2.24) is 14.8 Å². The highest BCUT2D eigenvalue weighted by atomic mass is 32.1. The summed E-state index contributed by atoms with van der Waals surface area (Å²) in [5.41, 5.74) is 14.1. The van der Waals surface area contributed by atoms with E-state index in [2.05, 4.69) is 15.4 Å². The van der Waals surface area contributed by atoms with Gasteiger partial charge in [-0.25, -0.2) is 4.98 Å². The summed E-state index contributed by atoms with van der Waals surface area (Å²) >= 11 is 1.50. The van der Waals surface area contributed by atoms with Crippen LogP contribution in [0.2, 0.25) is 0 Å². The molecule has 0 saturated carbocycles. The van der Waals surface area contributed by atoms with E-state index in [0.717, 1.165) is 44.2 Å². The highest BCUT2D eigenvalue weighted by Gasteiger charge is 2.29. The standard InChI is InChI=1S/C21H21F3N6S/c1-30-17-9-13(4-7-16(17)19(26)29-30)18-11-28-20(31-18)27-10-15(25)8-12-2-5-14(6-3-12)21(22,23)24/h2-7,9,11,15H,8,10,25H2,1H3,(H2,26,29)(H,27,28)/t15-/m1/s1. The maximum absolute atomic E-state index is 12.7. The molecule has 0 spiro atoms. The summed E-state index contributed by atoms with van der Waals surface area (Å²) in [6.45, 7) is 0.450. The predicted octanol–water partition coefficient (Wildman–Crippen LogP) is 4.28. The van der Waals surface area contributed by atoms with E-state index in [-0.39, 0.29) is 6.04 Å².